The summed E-state index contributed by atoms with van der Waals surface area (Å²) in [6.07, 6.45) is 3.03. The van der Waals surface area contributed by atoms with Crippen molar-refractivity contribution >= 4 is 27.3 Å². The fraction of sp³-hybridized carbons (Fsp3) is 0.300. The van der Waals surface area contributed by atoms with E-state index in [0.717, 1.165) is 35.2 Å². The van der Waals surface area contributed by atoms with Gasteiger partial charge in [0.25, 0.3) is 10.0 Å². The molecule has 0 saturated carbocycles. The van der Waals surface area contributed by atoms with Crippen LogP contribution in [0.15, 0.2) is 82.2 Å². The Bertz CT molecular complexity index is 1540. The lowest BCUT2D eigenvalue weighted by Crippen LogP contribution is -2.35. The van der Waals surface area contributed by atoms with Crippen molar-refractivity contribution in [3.8, 4) is 0 Å². The number of aromatic nitrogens is 2. The van der Waals surface area contributed by atoms with Crippen molar-refractivity contribution in [1.82, 2.24) is 10.1 Å². The Balaban J connectivity index is 1.14. The summed E-state index contributed by atoms with van der Waals surface area (Å²) >= 11 is 0. The Kier molecular flexibility index (Phi) is 7.79. The van der Waals surface area contributed by atoms with Crippen LogP contribution in [0.5, 0.6) is 0 Å². The first-order chi connectivity index (χ1) is 18.8. The maximum absolute atomic E-state index is 13.3. The van der Waals surface area contributed by atoms with E-state index >= 15 is 0 Å². The number of carbonyl (C=O) groups excluding carboxylic acids is 1. The Morgan fingerprint density at radius 3 is 2.44 bits per heavy atom. The number of hydrogen-bond donors (Lipinski definition) is 1. The number of nitrogens with zero attached hydrogens (tertiary/aromatic N) is 3. The molecule has 0 bridgehead atoms. The van der Waals surface area contributed by atoms with Crippen molar-refractivity contribution < 1.29 is 17.7 Å². The van der Waals surface area contributed by atoms with Gasteiger partial charge in [0.1, 0.15) is 0 Å². The van der Waals surface area contributed by atoms with Crippen LogP contribution in [0, 0.1) is 0 Å². The summed E-state index contributed by atoms with van der Waals surface area (Å²) in [5.41, 5.74) is 4.44. The van der Waals surface area contributed by atoms with Crippen LogP contribution in [0.3, 0.4) is 0 Å². The zero-order valence-corrected chi connectivity index (χ0v) is 22.9. The van der Waals surface area contributed by atoms with E-state index in [-0.39, 0.29) is 23.1 Å². The Labute approximate surface area is 229 Å². The zero-order valence-electron chi connectivity index (χ0n) is 22.1. The van der Waals surface area contributed by atoms with Gasteiger partial charge in [-0.1, -0.05) is 61.5 Å². The number of nitrogens with one attached hydrogen (secondary N) is 1. The molecule has 1 aromatic heterocycles. The standard InChI is InChI=1S/C30H32N4O4S/c1-21(2)30-32-28(33-38-30)20-23-9-14-25(15-10-23)31-29(35)18-13-22-11-16-26(17-12-22)39(36,37)34-19-5-7-24-6-3-4-8-27(24)34/h3-4,6,8-12,14-17,21H,5,7,13,18-20H2,1-2H3,(H,31,35). The van der Waals surface area contributed by atoms with E-state index in [2.05, 4.69) is 15.5 Å². The number of benzene rings is 3. The van der Waals surface area contributed by atoms with Gasteiger partial charge in [0.15, 0.2) is 5.82 Å². The van der Waals surface area contributed by atoms with Gasteiger partial charge in [0.2, 0.25) is 11.8 Å². The molecule has 9 heteroatoms. The third kappa shape index (κ3) is 6.20. The second-order valence-electron chi connectivity index (χ2n) is 10.1. The van der Waals surface area contributed by atoms with Gasteiger partial charge in [-0.25, -0.2) is 8.42 Å². The van der Waals surface area contributed by atoms with Crippen LogP contribution >= 0.6 is 0 Å². The SMILES string of the molecule is CC(C)c1nc(Cc2ccc(NC(=O)CCc3ccc(S(=O)(=O)N4CCCc5ccccc54)cc3)cc2)no1. The summed E-state index contributed by atoms with van der Waals surface area (Å²) in [4.78, 5) is 17.2. The predicted molar refractivity (Wildman–Crippen MR) is 150 cm³/mol. The van der Waals surface area contributed by atoms with Crippen LogP contribution in [-0.2, 0) is 34.1 Å². The van der Waals surface area contributed by atoms with Gasteiger partial charge >= 0.3 is 0 Å². The molecule has 3 aromatic carbocycles. The highest BCUT2D eigenvalue weighted by atomic mass is 32.2. The third-order valence-corrected chi connectivity index (χ3v) is 8.62. The first-order valence-corrected chi connectivity index (χ1v) is 14.6. The second kappa shape index (κ2) is 11.4. The van der Waals surface area contributed by atoms with Gasteiger partial charge in [0, 0.05) is 31.0 Å². The first kappa shape index (κ1) is 26.6. The third-order valence-electron chi connectivity index (χ3n) is 6.80. The maximum atomic E-state index is 13.3. The molecule has 0 saturated heterocycles. The van der Waals surface area contributed by atoms with E-state index in [4.69, 9.17) is 4.52 Å². The molecule has 0 unspecified atom stereocenters. The summed E-state index contributed by atoms with van der Waals surface area (Å²) in [6, 6.07) is 22.1. The van der Waals surface area contributed by atoms with Gasteiger partial charge in [-0.15, -0.1) is 0 Å². The summed E-state index contributed by atoms with van der Waals surface area (Å²) in [6.45, 7) is 4.48. The van der Waals surface area contributed by atoms with Crippen molar-refractivity contribution in [2.24, 2.45) is 0 Å². The van der Waals surface area contributed by atoms with Crippen LogP contribution in [0.4, 0.5) is 11.4 Å². The molecule has 0 aliphatic carbocycles. The normalized spacial score (nSPS) is 13.4. The molecular weight excluding hydrogens is 512 g/mol. The Hall–Kier alpha value is -3.98. The molecule has 1 N–H and O–H groups in total. The summed E-state index contributed by atoms with van der Waals surface area (Å²) < 4.78 is 33.4. The highest BCUT2D eigenvalue weighted by molar-refractivity contribution is 7.92. The number of anilines is 2. The van der Waals surface area contributed by atoms with E-state index in [1.165, 1.54) is 4.31 Å². The molecule has 1 amide bonds. The molecule has 0 fully saturated rings. The number of sulfonamides is 1. The number of para-hydroxylation sites is 1. The quantitative estimate of drug-likeness (QED) is 0.298. The monoisotopic (exact) mass is 544 g/mol. The lowest BCUT2D eigenvalue weighted by atomic mass is 10.0. The van der Waals surface area contributed by atoms with Crippen molar-refractivity contribution in [1.29, 1.82) is 0 Å². The average molecular weight is 545 g/mol. The molecule has 4 aromatic rings. The summed E-state index contributed by atoms with van der Waals surface area (Å²) in [5, 5.41) is 6.94. The summed E-state index contributed by atoms with van der Waals surface area (Å²) in [5.74, 6) is 1.34. The van der Waals surface area contributed by atoms with Gasteiger partial charge in [-0.3, -0.25) is 9.10 Å². The van der Waals surface area contributed by atoms with E-state index < -0.39 is 10.0 Å². The van der Waals surface area contributed by atoms with Crippen LogP contribution in [0.1, 0.15) is 61.0 Å². The highest BCUT2D eigenvalue weighted by Gasteiger charge is 2.28. The molecule has 0 radical (unpaired) electrons. The minimum atomic E-state index is -3.65. The second-order valence-corrected chi connectivity index (χ2v) is 11.9. The maximum Gasteiger partial charge on any atom is 0.264 e. The molecule has 202 valence electrons. The molecule has 8 nitrogen and oxygen atoms in total. The van der Waals surface area contributed by atoms with Crippen LogP contribution in [0.2, 0.25) is 0 Å². The van der Waals surface area contributed by atoms with E-state index in [1.54, 1.807) is 24.3 Å². The number of aryl methyl sites for hydroxylation is 2. The van der Waals surface area contributed by atoms with Crippen molar-refractivity contribution in [2.75, 3.05) is 16.2 Å². The van der Waals surface area contributed by atoms with Gasteiger partial charge in [-0.2, -0.15) is 4.98 Å². The molecular formula is C30H32N4O4S. The van der Waals surface area contributed by atoms with E-state index in [0.29, 0.717) is 36.8 Å². The van der Waals surface area contributed by atoms with Gasteiger partial charge in [0.05, 0.1) is 10.6 Å². The topological polar surface area (TPSA) is 105 Å². The van der Waals surface area contributed by atoms with E-state index in [1.807, 2.05) is 62.4 Å². The number of fused-ring (bicyclic) bond motifs is 1. The smallest absolute Gasteiger partial charge is 0.264 e. The van der Waals surface area contributed by atoms with Crippen molar-refractivity contribution in [2.45, 2.75) is 56.8 Å². The van der Waals surface area contributed by atoms with Gasteiger partial charge < -0.3 is 9.84 Å². The van der Waals surface area contributed by atoms with Crippen LogP contribution < -0.4 is 9.62 Å². The molecule has 0 atom stereocenters. The van der Waals surface area contributed by atoms with Crippen molar-refractivity contribution in [3.05, 3.63) is 101 Å². The fourth-order valence-electron chi connectivity index (χ4n) is 4.65. The number of carbonyl (C=O) groups is 1. The lowest BCUT2D eigenvalue weighted by Gasteiger charge is -2.30. The average Bonchev–Trinajstić information content (AvgIpc) is 3.42. The fourth-order valence-corrected chi connectivity index (χ4v) is 6.19. The van der Waals surface area contributed by atoms with Crippen LogP contribution in [-0.4, -0.2) is 31.0 Å². The Morgan fingerprint density at radius 1 is 1.00 bits per heavy atom. The number of amides is 1. The molecule has 2 heterocycles. The number of hydrogen-bond acceptors (Lipinski definition) is 6. The molecule has 1 aliphatic rings. The van der Waals surface area contributed by atoms with Gasteiger partial charge in [-0.05, 0) is 66.3 Å². The Morgan fingerprint density at radius 2 is 1.72 bits per heavy atom. The molecule has 0 spiro atoms. The molecule has 1 aliphatic heterocycles. The van der Waals surface area contributed by atoms with Crippen molar-refractivity contribution in [3.63, 3.8) is 0 Å². The largest absolute Gasteiger partial charge is 0.339 e. The molecule has 39 heavy (non-hydrogen) atoms. The summed E-state index contributed by atoms with van der Waals surface area (Å²) in [7, 11) is -3.65. The van der Waals surface area contributed by atoms with E-state index in [9.17, 15) is 13.2 Å². The highest BCUT2D eigenvalue weighted by Crippen LogP contribution is 2.31. The minimum Gasteiger partial charge on any atom is -0.339 e. The predicted octanol–water partition coefficient (Wildman–Crippen LogP) is 5.50. The van der Waals surface area contributed by atoms with Crippen LogP contribution in [0.25, 0.3) is 0 Å². The number of rotatable bonds is 9. The lowest BCUT2D eigenvalue weighted by molar-refractivity contribution is -0.116. The first-order valence-electron chi connectivity index (χ1n) is 13.2. The minimum absolute atomic E-state index is 0.107. The zero-order chi connectivity index (χ0) is 27.4. The molecule has 5 rings (SSSR count).